The Morgan fingerprint density at radius 1 is 1.48 bits per heavy atom. The third kappa shape index (κ3) is 3.77. The molecule has 5 nitrogen and oxygen atoms in total. The first-order chi connectivity index (χ1) is 11.0. The van der Waals surface area contributed by atoms with Gasteiger partial charge in [0.05, 0.1) is 16.9 Å². The molecule has 2 N–H and O–H groups in total. The fourth-order valence-corrected chi connectivity index (χ4v) is 4.37. The minimum absolute atomic E-state index is 0.0561. The maximum absolute atomic E-state index is 12.2. The van der Waals surface area contributed by atoms with E-state index in [1.165, 1.54) is 24.6 Å². The van der Waals surface area contributed by atoms with Gasteiger partial charge in [0.2, 0.25) is 5.91 Å². The average Bonchev–Trinajstić information content (AvgIpc) is 3.27. The molecule has 0 spiro atoms. The zero-order chi connectivity index (χ0) is 16.6. The predicted molar refractivity (Wildman–Crippen MR) is 96.2 cm³/mol. The summed E-state index contributed by atoms with van der Waals surface area (Å²) in [6.07, 6.45) is 2.44. The van der Waals surface area contributed by atoms with Crippen LogP contribution >= 0.6 is 23.1 Å². The van der Waals surface area contributed by atoms with Gasteiger partial charge in [-0.05, 0) is 45.1 Å². The van der Waals surface area contributed by atoms with Gasteiger partial charge in [0.1, 0.15) is 10.7 Å². The number of H-pyrrole nitrogens is 1. The van der Waals surface area contributed by atoms with Gasteiger partial charge >= 0.3 is 0 Å². The Labute approximate surface area is 143 Å². The normalized spacial score (nSPS) is 15.8. The van der Waals surface area contributed by atoms with Crippen molar-refractivity contribution in [1.29, 1.82) is 0 Å². The Morgan fingerprint density at radius 2 is 2.22 bits per heavy atom. The van der Waals surface area contributed by atoms with E-state index in [0.717, 1.165) is 15.3 Å². The molecule has 23 heavy (non-hydrogen) atoms. The van der Waals surface area contributed by atoms with E-state index in [-0.39, 0.29) is 17.5 Å². The van der Waals surface area contributed by atoms with Gasteiger partial charge < -0.3 is 10.3 Å². The second-order valence-corrected chi connectivity index (χ2v) is 8.35. The summed E-state index contributed by atoms with van der Waals surface area (Å²) in [6.45, 7) is 6.01. The van der Waals surface area contributed by atoms with Crippen LogP contribution < -0.4 is 10.9 Å². The molecule has 2 heterocycles. The van der Waals surface area contributed by atoms with Crippen molar-refractivity contribution < 1.29 is 4.79 Å². The molecule has 0 aromatic carbocycles. The van der Waals surface area contributed by atoms with E-state index < -0.39 is 0 Å². The summed E-state index contributed by atoms with van der Waals surface area (Å²) >= 11 is 3.02. The number of nitrogens with one attached hydrogen (secondary N) is 2. The first kappa shape index (κ1) is 16.5. The minimum Gasteiger partial charge on any atom is -0.353 e. The zero-order valence-electron chi connectivity index (χ0n) is 13.6. The average molecular weight is 351 g/mol. The van der Waals surface area contributed by atoms with Crippen LogP contribution in [0.2, 0.25) is 0 Å². The lowest BCUT2D eigenvalue weighted by molar-refractivity contribution is -0.119. The topological polar surface area (TPSA) is 74.8 Å². The van der Waals surface area contributed by atoms with Crippen molar-refractivity contribution in [3.63, 3.8) is 0 Å². The maximum atomic E-state index is 12.2. The SMILES string of the molecule is Cc1sc2nc(CSCC(=O)N[C@@H](C)C3CC3)[nH]c(=O)c2c1C. The molecule has 1 atom stereocenters. The number of rotatable bonds is 6. The molecular formula is C16H21N3O2S2. The lowest BCUT2D eigenvalue weighted by Gasteiger charge is -2.12. The van der Waals surface area contributed by atoms with Crippen molar-refractivity contribution in [1.82, 2.24) is 15.3 Å². The highest BCUT2D eigenvalue weighted by molar-refractivity contribution is 7.99. The Hall–Kier alpha value is -1.34. The van der Waals surface area contributed by atoms with Gasteiger partial charge in [-0.15, -0.1) is 23.1 Å². The van der Waals surface area contributed by atoms with E-state index in [0.29, 0.717) is 28.6 Å². The quantitative estimate of drug-likeness (QED) is 0.839. The van der Waals surface area contributed by atoms with Gasteiger partial charge in [-0.1, -0.05) is 0 Å². The van der Waals surface area contributed by atoms with Gasteiger partial charge in [0.15, 0.2) is 0 Å². The molecule has 1 saturated carbocycles. The highest BCUT2D eigenvalue weighted by Gasteiger charge is 2.28. The molecule has 1 fully saturated rings. The molecular weight excluding hydrogens is 330 g/mol. The van der Waals surface area contributed by atoms with Crippen LogP contribution in [0, 0.1) is 19.8 Å². The van der Waals surface area contributed by atoms with E-state index in [9.17, 15) is 9.59 Å². The van der Waals surface area contributed by atoms with Crippen molar-refractivity contribution in [2.45, 2.75) is 45.4 Å². The maximum Gasteiger partial charge on any atom is 0.259 e. The number of fused-ring (bicyclic) bond motifs is 1. The largest absolute Gasteiger partial charge is 0.353 e. The fraction of sp³-hybridized carbons (Fsp3) is 0.562. The van der Waals surface area contributed by atoms with Crippen LogP contribution in [0.25, 0.3) is 10.2 Å². The van der Waals surface area contributed by atoms with Crippen molar-refractivity contribution >= 4 is 39.2 Å². The number of amides is 1. The monoisotopic (exact) mass is 351 g/mol. The van der Waals surface area contributed by atoms with Crippen LogP contribution in [-0.4, -0.2) is 27.7 Å². The summed E-state index contributed by atoms with van der Waals surface area (Å²) in [5, 5.41) is 3.72. The molecule has 7 heteroatoms. The summed E-state index contributed by atoms with van der Waals surface area (Å²) in [6, 6.07) is 0.273. The Morgan fingerprint density at radius 3 is 2.91 bits per heavy atom. The Bertz CT molecular complexity index is 792. The van der Waals surface area contributed by atoms with Crippen LogP contribution in [0.15, 0.2) is 4.79 Å². The number of aromatic nitrogens is 2. The number of aryl methyl sites for hydroxylation is 2. The van der Waals surface area contributed by atoms with Crippen LogP contribution in [0.5, 0.6) is 0 Å². The van der Waals surface area contributed by atoms with Gasteiger partial charge in [-0.3, -0.25) is 9.59 Å². The first-order valence-corrected chi connectivity index (χ1v) is 9.79. The van der Waals surface area contributed by atoms with Crippen LogP contribution in [0.3, 0.4) is 0 Å². The van der Waals surface area contributed by atoms with Crippen molar-refractivity contribution in [2.24, 2.45) is 5.92 Å². The zero-order valence-corrected chi connectivity index (χ0v) is 15.2. The standard InChI is InChI=1S/C16H21N3O2S2/c1-8-10(3)23-16-14(8)15(21)18-12(19-16)6-22-7-13(20)17-9(2)11-4-5-11/h9,11H,4-7H2,1-3H3,(H,17,20)(H,18,19,21)/t9-/m0/s1. The molecule has 1 aliphatic rings. The Balaban J connectivity index is 1.59. The summed E-state index contributed by atoms with van der Waals surface area (Å²) in [7, 11) is 0. The van der Waals surface area contributed by atoms with E-state index in [4.69, 9.17) is 0 Å². The lowest BCUT2D eigenvalue weighted by Crippen LogP contribution is -2.35. The number of carbonyl (C=O) groups excluding carboxylic acids is 1. The summed E-state index contributed by atoms with van der Waals surface area (Å²) in [4.78, 5) is 33.3. The highest BCUT2D eigenvalue weighted by Crippen LogP contribution is 2.32. The van der Waals surface area contributed by atoms with Crippen molar-refractivity contribution in [3.05, 3.63) is 26.6 Å². The van der Waals surface area contributed by atoms with Gasteiger partial charge in [-0.2, -0.15) is 0 Å². The molecule has 0 radical (unpaired) electrons. The van der Waals surface area contributed by atoms with Gasteiger partial charge in [0, 0.05) is 10.9 Å². The van der Waals surface area contributed by atoms with Gasteiger partial charge in [0.25, 0.3) is 5.56 Å². The number of hydrogen-bond donors (Lipinski definition) is 2. The Kier molecular flexibility index (Phi) is 4.77. The number of aromatic amines is 1. The molecule has 1 amide bonds. The number of nitrogens with zero attached hydrogens (tertiary/aromatic N) is 1. The fourth-order valence-electron chi connectivity index (χ4n) is 2.62. The smallest absolute Gasteiger partial charge is 0.259 e. The molecule has 2 aromatic heterocycles. The second-order valence-electron chi connectivity index (χ2n) is 6.16. The van der Waals surface area contributed by atoms with E-state index in [1.807, 2.05) is 13.8 Å². The summed E-state index contributed by atoms with van der Waals surface area (Å²) in [5.74, 6) is 2.28. The third-order valence-electron chi connectivity index (χ3n) is 4.28. The molecule has 3 rings (SSSR count). The van der Waals surface area contributed by atoms with Gasteiger partial charge in [-0.25, -0.2) is 4.98 Å². The van der Waals surface area contributed by atoms with Crippen LogP contribution in [-0.2, 0) is 10.5 Å². The van der Waals surface area contributed by atoms with E-state index in [2.05, 4.69) is 22.2 Å². The molecule has 0 bridgehead atoms. The molecule has 2 aromatic rings. The summed E-state index contributed by atoms with van der Waals surface area (Å²) < 4.78 is 0. The number of hydrogen-bond acceptors (Lipinski definition) is 5. The third-order valence-corrected chi connectivity index (χ3v) is 6.32. The highest BCUT2D eigenvalue weighted by atomic mass is 32.2. The van der Waals surface area contributed by atoms with Crippen LogP contribution in [0.4, 0.5) is 0 Å². The second kappa shape index (κ2) is 6.65. The number of thioether (sulfide) groups is 1. The predicted octanol–water partition coefficient (Wildman–Crippen LogP) is 2.75. The van der Waals surface area contributed by atoms with Crippen molar-refractivity contribution in [3.8, 4) is 0 Å². The van der Waals surface area contributed by atoms with E-state index >= 15 is 0 Å². The van der Waals surface area contributed by atoms with Crippen molar-refractivity contribution in [2.75, 3.05) is 5.75 Å². The first-order valence-electron chi connectivity index (χ1n) is 7.81. The van der Waals surface area contributed by atoms with E-state index in [1.54, 1.807) is 11.3 Å². The molecule has 0 aliphatic heterocycles. The molecule has 0 saturated heterocycles. The van der Waals surface area contributed by atoms with Crippen LogP contribution in [0.1, 0.15) is 36.0 Å². The molecule has 1 aliphatic carbocycles. The number of carbonyl (C=O) groups is 1. The number of thiophene rings is 1. The minimum atomic E-state index is -0.0840. The molecule has 0 unspecified atom stereocenters. The lowest BCUT2D eigenvalue weighted by atomic mass is 10.2. The molecule has 124 valence electrons. The summed E-state index contributed by atoms with van der Waals surface area (Å²) in [5.41, 5.74) is 0.922.